The number of thioether (sulfide) groups is 1. The summed E-state index contributed by atoms with van der Waals surface area (Å²) >= 11 is 1.81. The summed E-state index contributed by atoms with van der Waals surface area (Å²) in [7, 11) is 2.17. The van der Waals surface area contributed by atoms with Crippen LogP contribution in [0.1, 0.15) is 34.5 Å². The quantitative estimate of drug-likeness (QED) is 0.601. The van der Waals surface area contributed by atoms with Gasteiger partial charge in [0, 0.05) is 53.0 Å². The van der Waals surface area contributed by atoms with Crippen molar-refractivity contribution in [1.82, 2.24) is 29.5 Å². The van der Waals surface area contributed by atoms with E-state index in [9.17, 15) is 4.79 Å². The second-order valence-corrected chi connectivity index (χ2v) is 10.4. The lowest BCUT2D eigenvalue weighted by Gasteiger charge is -2.23. The molecule has 164 valence electrons. The Labute approximate surface area is 191 Å². The summed E-state index contributed by atoms with van der Waals surface area (Å²) in [5.74, 6) is 1.44. The summed E-state index contributed by atoms with van der Waals surface area (Å²) in [6.07, 6.45) is 5.83. The van der Waals surface area contributed by atoms with E-state index in [1.54, 1.807) is 10.9 Å². The molecule has 32 heavy (non-hydrogen) atoms. The Morgan fingerprint density at radius 2 is 1.97 bits per heavy atom. The molecule has 1 aromatic carbocycles. The fourth-order valence-corrected chi connectivity index (χ4v) is 6.39. The summed E-state index contributed by atoms with van der Waals surface area (Å²) in [5, 5.41) is 4.52. The first-order valence-corrected chi connectivity index (χ1v) is 12.1. The number of aromatic nitrogens is 4. The van der Waals surface area contributed by atoms with Gasteiger partial charge in [0.05, 0.1) is 23.1 Å². The smallest absolute Gasteiger partial charge is 0.257 e. The molecule has 1 atom stereocenters. The van der Waals surface area contributed by atoms with E-state index in [1.165, 1.54) is 11.3 Å². The minimum Gasteiger partial charge on any atom is -0.338 e. The molecule has 0 N–H and O–H groups in total. The van der Waals surface area contributed by atoms with Gasteiger partial charge in [-0.05, 0) is 39.4 Å². The number of amides is 1. The Hall–Kier alpha value is -2.71. The number of carbonyl (C=O) groups excluding carboxylic acids is 1. The van der Waals surface area contributed by atoms with Crippen LogP contribution in [0.25, 0.3) is 17.2 Å². The summed E-state index contributed by atoms with van der Waals surface area (Å²) in [4.78, 5) is 28.4. The maximum Gasteiger partial charge on any atom is 0.257 e. The molecule has 8 heteroatoms. The maximum atomic E-state index is 13.3. The topological polar surface area (TPSA) is 67.2 Å². The number of likely N-dealkylation sites (tertiary alicyclic amines) is 2. The highest BCUT2D eigenvalue weighted by atomic mass is 32.2. The Morgan fingerprint density at radius 1 is 1.12 bits per heavy atom. The van der Waals surface area contributed by atoms with Gasteiger partial charge in [0.15, 0.2) is 0 Å². The highest BCUT2D eigenvalue weighted by Gasteiger charge is 2.44. The SMILES string of the molecule is Cc1c(C(=O)N2CCC3(CCN(C)C3)C2)cnn1-c1ncc2c(n1)-c1ccccc1SC2. The third kappa shape index (κ3) is 3.16. The number of hydrogen-bond donors (Lipinski definition) is 0. The molecule has 0 radical (unpaired) electrons. The lowest BCUT2D eigenvalue weighted by atomic mass is 9.86. The standard InChI is InChI=1S/C24H26N6OS/c1-16-19(22(31)29-10-8-24(15-29)7-9-28(2)14-24)12-26-30(16)23-25-11-17-13-32-20-6-4-3-5-18(20)21(17)27-23/h3-6,11-12H,7-10,13-15H2,1-2H3. The van der Waals surface area contributed by atoms with Gasteiger partial charge in [-0.3, -0.25) is 4.79 Å². The molecular formula is C24H26N6OS. The summed E-state index contributed by atoms with van der Waals surface area (Å²) in [6.45, 7) is 5.79. The average Bonchev–Trinajstić information content (AvgIpc) is 3.51. The van der Waals surface area contributed by atoms with Crippen molar-refractivity contribution in [2.24, 2.45) is 5.41 Å². The molecule has 3 aliphatic rings. The largest absolute Gasteiger partial charge is 0.338 e. The van der Waals surface area contributed by atoms with Crippen molar-refractivity contribution in [1.29, 1.82) is 0 Å². The fourth-order valence-electron chi connectivity index (χ4n) is 5.37. The van der Waals surface area contributed by atoms with E-state index in [4.69, 9.17) is 4.98 Å². The molecule has 2 aromatic heterocycles. The van der Waals surface area contributed by atoms with E-state index >= 15 is 0 Å². The van der Waals surface area contributed by atoms with Crippen molar-refractivity contribution in [3.63, 3.8) is 0 Å². The van der Waals surface area contributed by atoms with Crippen LogP contribution in [0.2, 0.25) is 0 Å². The van der Waals surface area contributed by atoms with Crippen LogP contribution < -0.4 is 0 Å². The van der Waals surface area contributed by atoms with Crippen molar-refractivity contribution in [3.05, 3.63) is 53.5 Å². The number of hydrogen-bond acceptors (Lipinski definition) is 6. The minimum atomic E-state index is 0.0693. The van der Waals surface area contributed by atoms with Crippen LogP contribution in [0.4, 0.5) is 0 Å². The van der Waals surface area contributed by atoms with Gasteiger partial charge in [0.1, 0.15) is 0 Å². The molecule has 1 amide bonds. The van der Waals surface area contributed by atoms with Gasteiger partial charge >= 0.3 is 0 Å². The highest BCUT2D eigenvalue weighted by Crippen LogP contribution is 2.41. The Kier molecular flexibility index (Phi) is 4.62. The Balaban J connectivity index is 1.29. The zero-order chi connectivity index (χ0) is 21.9. The first kappa shape index (κ1) is 19.9. The average molecular weight is 447 g/mol. The lowest BCUT2D eigenvalue weighted by molar-refractivity contribution is 0.0773. The third-order valence-electron chi connectivity index (χ3n) is 7.16. The zero-order valence-corrected chi connectivity index (χ0v) is 19.2. The summed E-state index contributed by atoms with van der Waals surface area (Å²) in [6, 6.07) is 8.33. The minimum absolute atomic E-state index is 0.0693. The van der Waals surface area contributed by atoms with Gasteiger partial charge in [-0.15, -0.1) is 11.8 Å². The first-order chi connectivity index (χ1) is 15.5. The molecule has 5 heterocycles. The van der Waals surface area contributed by atoms with Crippen molar-refractivity contribution in [2.75, 3.05) is 33.2 Å². The highest BCUT2D eigenvalue weighted by molar-refractivity contribution is 7.98. The van der Waals surface area contributed by atoms with E-state index in [0.29, 0.717) is 11.5 Å². The Bertz CT molecular complexity index is 1220. The van der Waals surface area contributed by atoms with E-state index < -0.39 is 0 Å². The zero-order valence-electron chi connectivity index (χ0n) is 18.4. The second kappa shape index (κ2) is 7.42. The molecule has 1 unspecified atom stereocenters. The van der Waals surface area contributed by atoms with E-state index in [1.807, 2.05) is 35.8 Å². The molecule has 6 rings (SSSR count). The lowest BCUT2D eigenvalue weighted by Crippen LogP contribution is -2.33. The van der Waals surface area contributed by atoms with Crippen molar-refractivity contribution < 1.29 is 4.79 Å². The molecule has 7 nitrogen and oxygen atoms in total. The second-order valence-electron chi connectivity index (χ2n) is 9.35. The predicted octanol–water partition coefficient (Wildman–Crippen LogP) is 3.41. The van der Waals surface area contributed by atoms with Crippen LogP contribution in [0, 0.1) is 12.3 Å². The van der Waals surface area contributed by atoms with Crippen LogP contribution in [0.15, 0.2) is 41.6 Å². The number of rotatable bonds is 2. The van der Waals surface area contributed by atoms with Crippen molar-refractivity contribution in [3.8, 4) is 17.2 Å². The molecule has 0 aliphatic carbocycles. The fraction of sp³-hybridized carbons (Fsp3) is 0.417. The molecule has 3 aliphatic heterocycles. The number of nitrogens with zero attached hydrogens (tertiary/aromatic N) is 6. The molecule has 0 saturated carbocycles. The van der Waals surface area contributed by atoms with E-state index in [-0.39, 0.29) is 11.3 Å². The van der Waals surface area contributed by atoms with Crippen LogP contribution >= 0.6 is 11.8 Å². The predicted molar refractivity (Wildman–Crippen MR) is 124 cm³/mol. The van der Waals surface area contributed by atoms with Crippen LogP contribution in [0.5, 0.6) is 0 Å². The van der Waals surface area contributed by atoms with Crippen LogP contribution in [-0.2, 0) is 5.75 Å². The Morgan fingerprint density at radius 3 is 2.81 bits per heavy atom. The van der Waals surface area contributed by atoms with Crippen LogP contribution in [0.3, 0.4) is 0 Å². The molecule has 3 aromatic rings. The van der Waals surface area contributed by atoms with E-state index in [0.717, 1.165) is 60.9 Å². The van der Waals surface area contributed by atoms with Crippen molar-refractivity contribution >= 4 is 17.7 Å². The van der Waals surface area contributed by atoms with Gasteiger partial charge in [-0.1, -0.05) is 18.2 Å². The molecular weight excluding hydrogens is 420 g/mol. The normalized spacial score (nSPS) is 22.4. The van der Waals surface area contributed by atoms with Gasteiger partial charge < -0.3 is 9.80 Å². The number of carbonyl (C=O) groups is 1. The monoisotopic (exact) mass is 446 g/mol. The molecule has 2 fully saturated rings. The maximum absolute atomic E-state index is 13.3. The van der Waals surface area contributed by atoms with Gasteiger partial charge in [0.25, 0.3) is 11.9 Å². The number of fused-ring (bicyclic) bond motifs is 3. The third-order valence-corrected chi connectivity index (χ3v) is 8.28. The van der Waals surface area contributed by atoms with E-state index in [2.05, 4.69) is 40.2 Å². The molecule has 0 bridgehead atoms. The summed E-state index contributed by atoms with van der Waals surface area (Å²) in [5.41, 5.74) is 4.92. The molecule has 2 saturated heterocycles. The van der Waals surface area contributed by atoms with Gasteiger partial charge in [-0.25, -0.2) is 14.6 Å². The van der Waals surface area contributed by atoms with Gasteiger partial charge in [-0.2, -0.15) is 5.10 Å². The molecule has 1 spiro atoms. The first-order valence-electron chi connectivity index (χ1n) is 11.1. The summed E-state index contributed by atoms with van der Waals surface area (Å²) < 4.78 is 1.70. The number of benzene rings is 1. The van der Waals surface area contributed by atoms with Gasteiger partial charge in [0.2, 0.25) is 0 Å². The van der Waals surface area contributed by atoms with Crippen LogP contribution in [-0.4, -0.2) is 68.7 Å². The van der Waals surface area contributed by atoms with Crippen molar-refractivity contribution in [2.45, 2.75) is 30.4 Å².